The fourth-order valence-electron chi connectivity index (χ4n) is 2.44. The van der Waals surface area contributed by atoms with Gasteiger partial charge < -0.3 is 5.32 Å². The van der Waals surface area contributed by atoms with Crippen molar-refractivity contribution in [2.45, 2.75) is 25.7 Å². The number of carbonyl (C=O) groups is 1. The number of aromatic nitrogens is 2. The van der Waals surface area contributed by atoms with Crippen LogP contribution in [0.25, 0.3) is 10.4 Å². The van der Waals surface area contributed by atoms with E-state index < -0.39 is 0 Å². The van der Waals surface area contributed by atoms with Gasteiger partial charge >= 0.3 is 0 Å². The first kappa shape index (κ1) is 12.3. The number of carbonyl (C=O) groups excluding carboxylic acids is 1. The summed E-state index contributed by atoms with van der Waals surface area (Å²) in [6.07, 6.45) is 6.15. The molecule has 1 amide bonds. The molecule has 1 fully saturated rings. The van der Waals surface area contributed by atoms with Crippen LogP contribution in [0.5, 0.6) is 0 Å². The molecule has 0 saturated heterocycles. The molecule has 2 aromatic rings. The highest BCUT2D eigenvalue weighted by Crippen LogP contribution is 2.27. The van der Waals surface area contributed by atoms with E-state index in [-0.39, 0.29) is 11.8 Å². The van der Waals surface area contributed by atoms with Gasteiger partial charge in [0.1, 0.15) is 0 Å². The first-order valence-electron chi connectivity index (χ1n) is 6.51. The van der Waals surface area contributed by atoms with Gasteiger partial charge in [0.2, 0.25) is 5.91 Å². The number of nitrogens with zero attached hydrogens (tertiary/aromatic N) is 2. The molecule has 0 atom stereocenters. The van der Waals surface area contributed by atoms with Crippen molar-refractivity contribution in [1.82, 2.24) is 9.59 Å². The molecule has 0 spiro atoms. The van der Waals surface area contributed by atoms with Gasteiger partial charge in [0.05, 0.1) is 11.1 Å². The minimum Gasteiger partial charge on any atom is -0.326 e. The summed E-state index contributed by atoms with van der Waals surface area (Å²) in [7, 11) is 0. The highest BCUT2D eigenvalue weighted by atomic mass is 32.1. The summed E-state index contributed by atoms with van der Waals surface area (Å²) in [5, 5.41) is 6.81. The minimum absolute atomic E-state index is 0.157. The lowest BCUT2D eigenvalue weighted by molar-refractivity contribution is -0.119. The van der Waals surface area contributed by atoms with Crippen molar-refractivity contribution in [3.63, 3.8) is 0 Å². The van der Waals surface area contributed by atoms with Crippen LogP contribution in [-0.2, 0) is 4.79 Å². The van der Waals surface area contributed by atoms with Gasteiger partial charge in [-0.3, -0.25) is 4.79 Å². The van der Waals surface area contributed by atoms with Gasteiger partial charge in [-0.1, -0.05) is 29.5 Å². The smallest absolute Gasteiger partial charge is 0.227 e. The number of anilines is 1. The number of hydrogen-bond acceptors (Lipinski definition) is 4. The van der Waals surface area contributed by atoms with Crippen LogP contribution in [0.1, 0.15) is 25.7 Å². The number of rotatable bonds is 3. The second-order valence-corrected chi connectivity index (χ2v) is 5.62. The van der Waals surface area contributed by atoms with E-state index in [0.717, 1.165) is 29.0 Å². The molecule has 1 aliphatic carbocycles. The molecule has 0 aliphatic heterocycles. The largest absolute Gasteiger partial charge is 0.326 e. The zero-order valence-electron chi connectivity index (χ0n) is 10.5. The molecule has 0 bridgehead atoms. The average Bonchev–Trinajstić information content (AvgIpc) is 3.13. The molecular weight excluding hydrogens is 258 g/mol. The van der Waals surface area contributed by atoms with E-state index >= 15 is 0 Å². The molecule has 1 aromatic heterocycles. The van der Waals surface area contributed by atoms with Crippen LogP contribution in [0.2, 0.25) is 0 Å². The van der Waals surface area contributed by atoms with Crippen molar-refractivity contribution in [2.75, 3.05) is 5.32 Å². The zero-order valence-corrected chi connectivity index (χ0v) is 11.3. The van der Waals surface area contributed by atoms with Crippen molar-refractivity contribution in [1.29, 1.82) is 0 Å². The van der Waals surface area contributed by atoms with E-state index in [1.807, 2.05) is 24.3 Å². The molecule has 19 heavy (non-hydrogen) atoms. The number of nitrogens with one attached hydrogen (secondary N) is 1. The lowest BCUT2D eigenvalue weighted by atomic mass is 10.1. The molecule has 1 aromatic carbocycles. The van der Waals surface area contributed by atoms with Crippen LogP contribution in [0.3, 0.4) is 0 Å². The lowest BCUT2D eigenvalue weighted by Crippen LogP contribution is -2.20. The first-order chi connectivity index (χ1) is 9.33. The monoisotopic (exact) mass is 273 g/mol. The lowest BCUT2D eigenvalue weighted by Gasteiger charge is -2.10. The summed E-state index contributed by atoms with van der Waals surface area (Å²) in [5.41, 5.74) is 1.94. The van der Waals surface area contributed by atoms with Crippen LogP contribution in [0, 0.1) is 5.92 Å². The fraction of sp³-hybridized carbons (Fsp3) is 0.357. The van der Waals surface area contributed by atoms with E-state index in [9.17, 15) is 4.79 Å². The van der Waals surface area contributed by atoms with Gasteiger partial charge in [0.25, 0.3) is 0 Å². The molecular formula is C14H15N3OS. The van der Waals surface area contributed by atoms with Crippen molar-refractivity contribution >= 4 is 23.1 Å². The molecule has 1 heterocycles. The summed E-state index contributed by atoms with van der Waals surface area (Å²) >= 11 is 1.37. The van der Waals surface area contributed by atoms with E-state index in [2.05, 4.69) is 14.9 Å². The van der Waals surface area contributed by atoms with Crippen LogP contribution in [0.15, 0.2) is 30.5 Å². The van der Waals surface area contributed by atoms with Crippen LogP contribution in [0.4, 0.5) is 5.69 Å². The Kier molecular flexibility index (Phi) is 3.55. The zero-order chi connectivity index (χ0) is 13.1. The molecule has 1 N–H and O–H groups in total. The second-order valence-electron chi connectivity index (χ2n) is 4.83. The van der Waals surface area contributed by atoms with Gasteiger partial charge in [-0.15, -0.1) is 5.10 Å². The van der Waals surface area contributed by atoms with Gasteiger partial charge in [0, 0.05) is 11.6 Å². The highest BCUT2D eigenvalue weighted by Gasteiger charge is 2.22. The third kappa shape index (κ3) is 2.81. The van der Waals surface area contributed by atoms with Crippen molar-refractivity contribution < 1.29 is 4.79 Å². The summed E-state index contributed by atoms with van der Waals surface area (Å²) < 4.78 is 3.84. The predicted octanol–water partition coefficient (Wildman–Crippen LogP) is 3.33. The molecule has 1 saturated carbocycles. The van der Waals surface area contributed by atoms with Crippen LogP contribution >= 0.6 is 11.5 Å². The van der Waals surface area contributed by atoms with E-state index in [4.69, 9.17) is 0 Å². The Labute approximate surface area is 116 Å². The average molecular weight is 273 g/mol. The molecule has 0 radical (unpaired) electrons. The quantitative estimate of drug-likeness (QED) is 0.933. The molecule has 98 valence electrons. The highest BCUT2D eigenvalue weighted by molar-refractivity contribution is 7.09. The number of amides is 1. The third-order valence-electron chi connectivity index (χ3n) is 3.52. The predicted molar refractivity (Wildman–Crippen MR) is 75.9 cm³/mol. The Hall–Kier alpha value is -1.75. The maximum Gasteiger partial charge on any atom is 0.227 e. The summed E-state index contributed by atoms with van der Waals surface area (Å²) in [6, 6.07) is 7.84. The maximum absolute atomic E-state index is 12.0. The first-order valence-corrected chi connectivity index (χ1v) is 7.29. The van der Waals surface area contributed by atoms with Crippen molar-refractivity contribution in [3.8, 4) is 10.4 Å². The van der Waals surface area contributed by atoms with Crippen molar-refractivity contribution in [3.05, 3.63) is 30.5 Å². The SMILES string of the molecule is O=C(Nc1ccc(-c2cnns2)cc1)C1CCCC1. The van der Waals surface area contributed by atoms with Crippen LogP contribution < -0.4 is 5.32 Å². The van der Waals surface area contributed by atoms with E-state index in [1.54, 1.807) is 6.20 Å². The Morgan fingerprint density at radius 3 is 2.58 bits per heavy atom. The Bertz CT molecular complexity index is 545. The third-order valence-corrected chi connectivity index (χ3v) is 4.24. The summed E-state index contributed by atoms with van der Waals surface area (Å²) in [4.78, 5) is 13.0. The van der Waals surface area contributed by atoms with E-state index in [0.29, 0.717) is 0 Å². The summed E-state index contributed by atoms with van der Waals surface area (Å²) in [6.45, 7) is 0. The fourth-order valence-corrected chi connectivity index (χ4v) is 2.96. The van der Waals surface area contributed by atoms with Crippen LogP contribution in [-0.4, -0.2) is 15.5 Å². The van der Waals surface area contributed by atoms with Gasteiger partial charge in [-0.25, -0.2) is 0 Å². The molecule has 5 heteroatoms. The Morgan fingerprint density at radius 1 is 1.21 bits per heavy atom. The molecule has 0 unspecified atom stereocenters. The number of benzene rings is 1. The minimum atomic E-state index is 0.157. The van der Waals surface area contributed by atoms with Gasteiger partial charge in [-0.05, 0) is 42.1 Å². The Balaban J connectivity index is 1.67. The normalized spacial score (nSPS) is 15.6. The maximum atomic E-state index is 12.0. The molecule has 1 aliphatic rings. The second kappa shape index (κ2) is 5.48. The summed E-state index contributed by atoms with van der Waals surface area (Å²) in [5.74, 6) is 0.357. The topological polar surface area (TPSA) is 54.9 Å². The molecule has 4 nitrogen and oxygen atoms in total. The van der Waals surface area contributed by atoms with Crippen molar-refractivity contribution in [2.24, 2.45) is 5.92 Å². The standard InChI is InChI=1S/C14H15N3OS/c18-14(11-3-1-2-4-11)16-12-7-5-10(6-8-12)13-9-15-17-19-13/h5-9,11H,1-4H2,(H,16,18). The molecule has 3 rings (SSSR count). The Morgan fingerprint density at radius 2 is 1.95 bits per heavy atom. The van der Waals surface area contributed by atoms with E-state index in [1.165, 1.54) is 24.4 Å². The van der Waals surface area contributed by atoms with Gasteiger partial charge in [0.15, 0.2) is 0 Å². The van der Waals surface area contributed by atoms with Gasteiger partial charge in [-0.2, -0.15) is 0 Å². The number of hydrogen-bond donors (Lipinski definition) is 1.